The van der Waals surface area contributed by atoms with E-state index in [1.54, 1.807) is 0 Å². The van der Waals surface area contributed by atoms with Gasteiger partial charge in [-0.05, 0) is 35.4 Å². The molecule has 0 aliphatic carbocycles. The van der Waals surface area contributed by atoms with Crippen molar-refractivity contribution in [3.05, 3.63) is 29.8 Å². The van der Waals surface area contributed by atoms with Crippen LogP contribution >= 0.6 is 11.8 Å². The molecule has 100 valence electrons. The second-order valence-corrected chi connectivity index (χ2v) is 6.96. The van der Waals surface area contributed by atoms with Crippen LogP contribution in [-0.4, -0.2) is 25.5 Å². The summed E-state index contributed by atoms with van der Waals surface area (Å²) in [5.74, 6) is 1.11. The number of rotatable bonds is 5. The Labute approximate surface area is 114 Å². The molecule has 18 heavy (non-hydrogen) atoms. The topological polar surface area (TPSA) is 35.2 Å². The Morgan fingerprint density at radius 2 is 1.89 bits per heavy atom. The molecule has 2 nitrogen and oxygen atoms in total. The van der Waals surface area contributed by atoms with Crippen LogP contribution in [-0.2, 0) is 10.2 Å². The molecule has 1 saturated heterocycles. The van der Waals surface area contributed by atoms with Crippen molar-refractivity contribution in [2.75, 3.05) is 25.5 Å². The average molecular weight is 265 g/mol. The van der Waals surface area contributed by atoms with Gasteiger partial charge in [0.1, 0.15) is 0 Å². The van der Waals surface area contributed by atoms with E-state index in [0.717, 1.165) is 19.0 Å². The second-order valence-electron chi connectivity index (χ2n) is 5.62. The minimum absolute atomic E-state index is 0.0741. The van der Waals surface area contributed by atoms with Crippen LogP contribution in [0.5, 0.6) is 0 Å². The van der Waals surface area contributed by atoms with Crippen LogP contribution in [0.4, 0.5) is 0 Å². The van der Waals surface area contributed by atoms with E-state index in [4.69, 9.17) is 10.5 Å². The van der Waals surface area contributed by atoms with Crippen LogP contribution in [0.15, 0.2) is 29.2 Å². The Balaban J connectivity index is 2.28. The predicted octanol–water partition coefficient (Wildman–Crippen LogP) is 3.05. The lowest BCUT2D eigenvalue weighted by atomic mass is 9.60. The summed E-state index contributed by atoms with van der Waals surface area (Å²) in [5, 5.41) is 0. The number of thioether (sulfide) groups is 1. The van der Waals surface area contributed by atoms with Gasteiger partial charge in [0, 0.05) is 10.3 Å². The largest absolute Gasteiger partial charge is 0.379 e. The summed E-state index contributed by atoms with van der Waals surface area (Å²) in [5.41, 5.74) is 7.49. The fourth-order valence-corrected chi connectivity index (χ4v) is 3.15. The molecule has 0 aromatic heterocycles. The van der Waals surface area contributed by atoms with E-state index in [0.29, 0.717) is 6.54 Å². The lowest BCUT2D eigenvalue weighted by Crippen LogP contribution is -2.59. The van der Waals surface area contributed by atoms with Crippen molar-refractivity contribution in [2.45, 2.75) is 31.1 Å². The molecule has 0 spiro atoms. The Kier molecular flexibility index (Phi) is 4.05. The summed E-state index contributed by atoms with van der Waals surface area (Å²) in [7, 11) is 0. The van der Waals surface area contributed by atoms with E-state index in [1.807, 2.05) is 11.8 Å². The van der Waals surface area contributed by atoms with E-state index < -0.39 is 0 Å². The molecule has 1 aliphatic rings. The van der Waals surface area contributed by atoms with E-state index in [1.165, 1.54) is 10.5 Å². The van der Waals surface area contributed by atoms with Crippen molar-refractivity contribution in [1.29, 1.82) is 0 Å². The zero-order chi connectivity index (χ0) is 13.2. The highest BCUT2D eigenvalue weighted by Crippen LogP contribution is 2.46. The van der Waals surface area contributed by atoms with E-state index in [2.05, 4.69) is 45.0 Å². The van der Waals surface area contributed by atoms with Gasteiger partial charge in [0.05, 0.1) is 13.2 Å². The van der Waals surface area contributed by atoms with Crippen LogP contribution in [0.25, 0.3) is 0 Å². The van der Waals surface area contributed by atoms with E-state index >= 15 is 0 Å². The summed E-state index contributed by atoms with van der Waals surface area (Å²) < 4.78 is 5.50. The molecule has 0 amide bonds. The zero-order valence-electron chi connectivity index (χ0n) is 11.5. The SMILES string of the molecule is CCSc1ccc(C2(C(C)(C)CN)COC2)cc1. The summed E-state index contributed by atoms with van der Waals surface area (Å²) in [6.07, 6.45) is 0. The number of hydrogen-bond donors (Lipinski definition) is 1. The number of hydrogen-bond acceptors (Lipinski definition) is 3. The molecule has 0 bridgehead atoms. The molecular formula is C15H23NOS. The van der Waals surface area contributed by atoms with Crippen LogP contribution in [0, 0.1) is 5.41 Å². The van der Waals surface area contributed by atoms with Crippen molar-refractivity contribution < 1.29 is 4.74 Å². The number of benzene rings is 1. The molecule has 2 N–H and O–H groups in total. The van der Waals surface area contributed by atoms with Gasteiger partial charge in [-0.2, -0.15) is 0 Å². The van der Waals surface area contributed by atoms with Gasteiger partial charge in [-0.1, -0.05) is 32.9 Å². The third kappa shape index (κ3) is 2.20. The minimum Gasteiger partial charge on any atom is -0.379 e. The van der Waals surface area contributed by atoms with Crippen LogP contribution in [0.1, 0.15) is 26.3 Å². The molecule has 1 heterocycles. The Morgan fingerprint density at radius 3 is 2.28 bits per heavy atom. The Bertz CT molecular complexity index is 395. The van der Waals surface area contributed by atoms with Crippen molar-refractivity contribution in [2.24, 2.45) is 11.1 Å². The highest BCUT2D eigenvalue weighted by molar-refractivity contribution is 7.99. The molecule has 0 atom stereocenters. The quantitative estimate of drug-likeness (QED) is 0.831. The minimum atomic E-state index is 0.0741. The molecule has 1 fully saturated rings. The third-order valence-electron chi connectivity index (χ3n) is 4.22. The first-order valence-electron chi connectivity index (χ1n) is 6.57. The molecule has 1 aromatic carbocycles. The molecule has 1 aliphatic heterocycles. The molecule has 2 rings (SSSR count). The molecule has 3 heteroatoms. The first-order chi connectivity index (χ1) is 8.55. The van der Waals surface area contributed by atoms with Gasteiger partial charge in [0.2, 0.25) is 0 Å². The van der Waals surface area contributed by atoms with Crippen molar-refractivity contribution in [1.82, 2.24) is 0 Å². The van der Waals surface area contributed by atoms with Crippen LogP contribution in [0.2, 0.25) is 0 Å². The lowest BCUT2D eigenvalue weighted by molar-refractivity contribution is -0.116. The molecule has 0 unspecified atom stereocenters. The number of ether oxygens (including phenoxy) is 1. The summed E-state index contributed by atoms with van der Waals surface area (Å²) in [4.78, 5) is 1.34. The van der Waals surface area contributed by atoms with Gasteiger partial charge in [0.15, 0.2) is 0 Å². The highest BCUT2D eigenvalue weighted by atomic mass is 32.2. The van der Waals surface area contributed by atoms with Crippen LogP contribution < -0.4 is 5.73 Å². The van der Waals surface area contributed by atoms with Gasteiger partial charge in [0.25, 0.3) is 0 Å². The smallest absolute Gasteiger partial charge is 0.0591 e. The van der Waals surface area contributed by atoms with Gasteiger partial charge in [-0.25, -0.2) is 0 Å². The standard InChI is InChI=1S/C15H23NOS/c1-4-18-13-7-5-12(6-8-13)15(10-17-11-15)14(2,3)9-16/h5-8H,4,9-11,16H2,1-3H3. The first-order valence-corrected chi connectivity index (χ1v) is 7.55. The maximum absolute atomic E-state index is 5.96. The Hall–Kier alpha value is -0.510. The average Bonchev–Trinajstić information content (AvgIpc) is 2.30. The lowest BCUT2D eigenvalue weighted by Gasteiger charge is -2.52. The monoisotopic (exact) mass is 265 g/mol. The fourth-order valence-electron chi connectivity index (χ4n) is 2.49. The van der Waals surface area contributed by atoms with Gasteiger partial charge in [-0.15, -0.1) is 11.8 Å². The normalized spacial score (nSPS) is 18.4. The van der Waals surface area contributed by atoms with Crippen molar-refractivity contribution >= 4 is 11.8 Å². The summed E-state index contributed by atoms with van der Waals surface area (Å²) in [6.45, 7) is 8.92. The van der Waals surface area contributed by atoms with Crippen molar-refractivity contribution in [3.8, 4) is 0 Å². The molecular weight excluding hydrogens is 242 g/mol. The molecule has 0 saturated carbocycles. The summed E-state index contributed by atoms with van der Waals surface area (Å²) in [6, 6.07) is 8.93. The van der Waals surface area contributed by atoms with Crippen LogP contribution in [0.3, 0.4) is 0 Å². The van der Waals surface area contributed by atoms with Gasteiger partial charge < -0.3 is 10.5 Å². The van der Waals surface area contributed by atoms with E-state index in [-0.39, 0.29) is 10.8 Å². The summed E-state index contributed by atoms with van der Waals surface area (Å²) >= 11 is 1.88. The predicted molar refractivity (Wildman–Crippen MR) is 78.2 cm³/mol. The Morgan fingerprint density at radius 1 is 1.28 bits per heavy atom. The number of nitrogens with two attached hydrogens (primary N) is 1. The molecule has 0 radical (unpaired) electrons. The molecule has 1 aromatic rings. The highest BCUT2D eigenvalue weighted by Gasteiger charge is 2.51. The van der Waals surface area contributed by atoms with E-state index in [9.17, 15) is 0 Å². The van der Waals surface area contributed by atoms with Gasteiger partial charge >= 0.3 is 0 Å². The second kappa shape index (κ2) is 5.24. The van der Waals surface area contributed by atoms with Crippen molar-refractivity contribution in [3.63, 3.8) is 0 Å². The third-order valence-corrected chi connectivity index (χ3v) is 5.11. The van der Waals surface area contributed by atoms with Gasteiger partial charge in [-0.3, -0.25) is 0 Å². The zero-order valence-corrected chi connectivity index (χ0v) is 12.3. The maximum Gasteiger partial charge on any atom is 0.0591 e. The fraction of sp³-hybridized carbons (Fsp3) is 0.600. The maximum atomic E-state index is 5.96. The first kappa shape index (κ1) is 13.9.